The Morgan fingerprint density at radius 2 is 1.84 bits per heavy atom. The van der Waals surface area contributed by atoms with Gasteiger partial charge in [0.2, 0.25) is 0 Å². The van der Waals surface area contributed by atoms with E-state index in [1.807, 2.05) is 24.3 Å². The molecule has 0 N–H and O–H groups in total. The van der Waals surface area contributed by atoms with E-state index in [-0.39, 0.29) is 24.3 Å². The summed E-state index contributed by atoms with van der Waals surface area (Å²) in [7, 11) is 0. The lowest BCUT2D eigenvalue weighted by atomic mass is 10.1. The van der Waals surface area contributed by atoms with Crippen LogP contribution in [0.4, 0.5) is 10.5 Å². The Hall–Kier alpha value is -1.83. The largest absolute Gasteiger partial charge is 0.494 e. The number of benzene rings is 1. The van der Waals surface area contributed by atoms with E-state index in [2.05, 4.69) is 30.6 Å². The summed E-state index contributed by atoms with van der Waals surface area (Å²) in [6.45, 7) is 12.5. The number of carbonyl (C=O) groups is 1. The maximum absolute atomic E-state index is 12.4. The highest BCUT2D eigenvalue weighted by Crippen LogP contribution is 2.27. The Morgan fingerprint density at radius 1 is 1.10 bits per heavy atom. The normalized spacial score (nSPS) is 30.0. The highest BCUT2D eigenvalue weighted by molar-refractivity contribution is 5.90. The fraction of sp³-hybridized carbons (Fsp3) is 0.708. The Balaban J connectivity index is 1.28. The van der Waals surface area contributed by atoms with Gasteiger partial charge in [-0.2, -0.15) is 0 Å². The van der Waals surface area contributed by atoms with Crippen LogP contribution in [0.15, 0.2) is 24.3 Å². The molecule has 0 aromatic heterocycles. The minimum Gasteiger partial charge on any atom is -0.494 e. The Labute approximate surface area is 186 Å². The molecule has 31 heavy (non-hydrogen) atoms. The fourth-order valence-corrected chi connectivity index (χ4v) is 5.13. The first-order chi connectivity index (χ1) is 15.0. The number of cyclic esters (lactones) is 1. The molecule has 3 aliphatic rings. The summed E-state index contributed by atoms with van der Waals surface area (Å²) in [5.74, 6) is 0.846. The van der Waals surface area contributed by atoms with Crippen molar-refractivity contribution in [3.8, 4) is 5.75 Å². The molecule has 0 aliphatic carbocycles. The van der Waals surface area contributed by atoms with E-state index in [4.69, 9.17) is 14.2 Å². The van der Waals surface area contributed by atoms with Crippen molar-refractivity contribution in [2.45, 2.75) is 64.3 Å². The molecule has 3 fully saturated rings. The molecule has 1 aromatic carbocycles. The van der Waals surface area contributed by atoms with Crippen LogP contribution in [0, 0.1) is 0 Å². The number of ether oxygens (including phenoxy) is 3. The van der Waals surface area contributed by atoms with E-state index in [1.165, 1.54) is 19.4 Å². The van der Waals surface area contributed by atoms with Gasteiger partial charge in [0.25, 0.3) is 0 Å². The molecule has 3 saturated heterocycles. The first-order valence-corrected chi connectivity index (χ1v) is 11.8. The summed E-state index contributed by atoms with van der Waals surface area (Å²) >= 11 is 0. The topological polar surface area (TPSA) is 54.5 Å². The SMILES string of the molecule is CC1CCCN1CCCOc1ccc(N2C(=O)OC[C@H]2CN2C[C@@H](C)O[C@@H](C)C2)cc1. The van der Waals surface area contributed by atoms with E-state index in [1.54, 1.807) is 4.90 Å². The van der Waals surface area contributed by atoms with Gasteiger partial charge < -0.3 is 19.1 Å². The third kappa shape index (κ3) is 5.70. The van der Waals surface area contributed by atoms with Crippen molar-refractivity contribution in [3.63, 3.8) is 0 Å². The predicted octanol–water partition coefficient (Wildman–Crippen LogP) is 3.37. The van der Waals surface area contributed by atoms with E-state index in [0.717, 1.165) is 44.0 Å². The predicted molar refractivity (Wildman–Crippen MR) is 121 cm³/mol. The van der Waals surface area contributed by atoms with Crippen LogP contribution >= 0.6 is 0 Å². The van der Waals surface area contributed by atoms with Gasteiger partial charge in [0, 0.05) is 37.9 Å². The minimum atomic E-state index is -0.271. The van der Waals surface area contributed by atoms with Crippen LogP contribution in [0.2, 0.25) is 0 Å². The number of morpholine rings is 1. The molecule has 4 atom stereocenters. The molecule has 0 radical (unpaired) electrons. The number of likely N-dealkylation sites (tertiary alicyclic amines) is 1. The van der Waals surface area contributed by atoms with Gasteiger partial charge in [0.1, 0.15) is 12.4 Å². The Kier molecular flexibility index (Phi) is 7.35. The molecule has 0 saturated carbocycles. The molecule has 4 rings (SSSR count). The number of hydrogen-bond acceptors (Lipinski definition) is 6. The van der Waals surface area contributed by atoms with E-state index in [0.29, 0.717) is 19.3 Å². The van der Waals surface area contributed by atoms with Crippen LogP contribution in [-0.2, 0) is 9.47 Å². The highest BCUT2D eigenvalue weighted by Gasteiger charge is 2.36. The highest BCUT2D eigenvalue weighted by atomic mass is 16.6. The van der Waals surface area contributed by atoms with Crippen molar-refractivity contribution in [2.75, 3.05) is 50.8 Å². The van der Waals surface area contributed by atoms with Gasteiger partial charge in [-0.25, -0.2) is 4.79 Å². The second-order valence-corrected chi connectivity index (χ2v) is 9.30. The molecular formula is C24H37N3O4. The maximum Gasteiger partial charge on any atom is 0.414 e. The zero-order chi connectivity index (χ0) is 21.8. The zero-order valence-corrected chi connectivity index (χ0v) is 19.2. The van der Waals surface area contributed by atoms with Gasteiger partial charge in [-0.3, -0.25) is 9.80 Å². The third-order valence-electron chi connectivity index (χ3n) is 6.59. The number of nitrogens with zero attached hydrogens (tertiary/aromatic N) is 3. The first-order valence-electron chi connectivity index (χ1n) is 11.8. The van der Waals surface area contributed by atoms with Gasteiger partial charge in [0.05, 0.1) is 24.9 Å². The number of hydrogen-bond donors (Lipinski definition) is 0. The van der Waals surface area contributed by atoms with Crippen molar-refractivity contribution in [1.29, 1.82) is 0 Å². The van der Waals surface area contributed by atoms with Gasteiger partial charge in [-0.1, -0.05) is 0 Å². The average Bonchev–Trinajstić information content (AvgIpc) is 3.30. The van der Waals surface area contributed by atoms with E-state index >= 15 is 0 Å². The number of anilines is 1. The summed E-state index contributed by atoms with van der Waals surface area (Å²) < 4.78 is 17.2. The lowest BCUT2D eigenvalue weighted by molar-refractivity contribution is -0.0692. The van der Waals surface area contributed by atoms with Crippen molar-refractivity contribution in [3.05, 3.63) is 24.3 Å². The number of carbonyl (C=O) groups excluding carboxylic acids is 1. The lowest BCUT2D eigenvalue weighted by Gasteiger charge is -2.37. The Bertz CT molecular complexity index is 718. The molecule has 3 heterocycles. The quantitative estimate of drug-likeness (QED) is 0.588. The standard InChI is InChI=1S/C24H37N3O4/c1-18-6-4-11-26(18)12-5-13-29-23-9-7-21(8-10-23)27-22(17-30-24(27)28)16-25-14-19(2)31-20(3)15-25/h7-10,18-20,22H,4-6,11-17H2,1-3H3/t18?,19-,20+,22-/m1/s1. The molecule has 1 unspecified atom stereocenters. The van der Waals surface area contributed by atoms with Crippen LogP contribution in [0.3, 0.4) is 0 Å². The van der Waals surface area contributed by atoms with Crippen molar-refractivity contribution >= 4 is 11.8 Å². The summed E-state index contributed by atoms with van der Waals surface area (Å²) in [6.07, 6.45) is 3.80. The summed E-state index contributed by atoms with van der Waals surface area (Å²) in [4.78, 5) is 19.1. The number of rotatable bonds is 8. The van der Waals surface area contributed by atoms with Gasteiger partial charge >= 0.3 is 6.09 Å². The molecule has 172 valence electrons. The summed E-state index contributed by atoms with van der Waals surface area (Å²) in [6, 6.07) is 8.55. The molecular weight excluding hydrogens is 394 g/mol. The van der Waals surface area contributed by atoms with Crippen LogP contribution in [0.5, 0.6) is 5.75 Å². The van der Waals surface area contributed by atoms with Crippen LogP contribution in [0.25, 0.3) is 0 Å². The van der Waals surface area contributed by atoms with Crippen molar-refractivity contribution in [1.82, 2.24) is 9.80 Å². The molecule has 3 aliphatic heterocycles. The maximum atomic E-state index is 12.4. The van der Waals surface area contributed by atoms with Gasteiger partial charge in [-0.05, 0) is 70.8 Å². The zero-order valence-electron chi connectivity index (χ0n) is 19.2. The third-order valence-corrected chi connectivity index (χ3v) is 6.59. The lowest BCUT2D eigenvalue weighted by Crippen LogP contribution is -2.51. The van der Waals surface area contributed by atoms with Crippen molar-refractivity contribution < 1.29 is 19.0 Å². The molecule has 7 nitrogen and oxygen atoms in total. The van der Waals surface area contributed by atoms with Crippen molar-refractivity contribution in [2.24, 2.45) is 0 Å². The monoisotopic (exact) mass is 431 g/mol. The molecule has 1 amide bonds. The minimum absolute atomic E-state index is 0.0132. The molecule has 0 spiro atoms. The van der Waals surface area contributed by atoms with Crippen LogP contribution in [-0.4, -0.2) is 86.1 Å². The van der Waals surface area contributed by atoms with Gasteiger partial charge in [-0.15, -0.1) is 0 Å². The second-order valence-electron chi connectivity index (χ2n) is 9.30. The molecule has 1 aromatic rings. The summed E-state index contributed by atoms with van der Waals surface area (Å²) in [5, 5.41) is 0. The second kappa shape index (κ2) is 10.2. The first kappa shape index (κ1) is 22.4. The Morgan fingerprint density at radius 3 is 2.52 bits per heavy atom. The fourth-order valence-electron chi connectivity index (χ4n) is 5.13. The smallest absolute Gasteiger partial charge is 0.414 e. The average molecular weight is 432 g/mol. The van der Waals surface area contributed by atoms with E-state index in [9.17, 15) is 4.79 Å². The van der Waals surface area contributed by atoms with Gasteiger partial charge in [0.15, 0.2) is 0 Å². The van der Waals surface area contributed by atoms with Crippen LogP contribution in [0.1, 0.15) is 40.0 Å². The molecule has 7 heteroatoms. The van der Waals surface area contributed by atoms with E-state index < -0.39 is 0 Å². The summed E-state index contributed by atoms with van der Waals surface area (Å²) in [5.41, 5.74) is 0.861. The number of amides is 1. The van der Waals surface area contributed by atoms with Crippen LogP contribution < -0.4 is 9.64 Å². The molecule has 0 bridgehead atoms.